The number of aromatic amines is 1. The third-order valence-electron chi connectivity index (χ3n) is 4.62. The summed E-state index contributed by atoms with van der Waals surface area (Å²) in [6, 6.07) is 5.10. The Hall–Kier alpha value is -3.26. The van der Waals surface area contributed by atoms with E-state index in [2.05, 4.69) is 27.1 Å². The maximum Gasteiger partial charge on any atom is 0.354 e. The first-order valence-corrected chi connectivity index (χ1v) is 9.66. The van der Waals surface area contributed by atoms with Gasteiger partial charge in [0.25, 0.3) is 0 Å². The first kappa shape index (κ1) is 18.1. The largest absolute Gasteiger partial charge is 0.508 e. The predicted molar refractivity (Wildman–Crippen MR) is 108 cm³/mol. The minimum absolute atomic E-state index is 0.0147. The van der Waals surface area contributed by atoms with Gasteiger partial charge in [0.15, 0.2) is 0 Å². The van der Waals surface area contributed by atoms with E-state index in [4.69, 9.17) is 5.11 Å². The quantitative estimate of drug-likeness (QED) is 0.462. The Morgan fingerprint density at radius 3 is 2.79 bits per heavy atom. The number of fused-ring (bicyclic) bond motifs is 1. The molecule has 28 heavy (non-hydrogen) atoms. The van der Waals surface area contributed by atoms with E-state index in [1.54, 1.807) is 24.5 Å². The smallest absolute Gasteiger partial charge is 0.354 e. The zero-order chi connectivity index (χ0) is 19.8. The lowest BCUT2D eigenvalue weighted by molar-refractivity contribution is 0.0690. The summed E-state index contributed by atoms with van der Waals surface area (Å²) in [5.41, 5.74) is 4.09. The van der Waals surface area contributed by atoms with Crippen molar-refractivity contribution in [3.8, 4) is 26.9 Å². The zero-order valence-corrected chi connectivity index (χ0v) is 16.2. The summed E-state index contributed by atoms with van der Waals surface area (Å²) in [4.78, 5) is 20.5. The van der Waals surface area contributed by atoms with Gasteiger partial charge in [-0.25, -0.2) is 14.8 Å². The number of thiazole rings is 1. The third kappa shape index (κ3) is 3.01. The van der Waals surface area contributed by atoms with Crippen molar-refractivity contribution in [1.29, 1.82) is 0 Å². The Morgan fingerprint density at radius 1 is 1.25 bits per heavy atom. The van der Waals surface area contributed by atoms with E-state index in [1.165, 1.54) is 11.3 Å². The molecule has 142 valence electrons. The van der Waals surface area contributed by atoms with Crippen LogP contribution in [0.25, 0.3) is 32.0 Å². The van der Waals surface area contributed by atoms with Crippen molar-refractivity contribution < 1.29 is 15.0 Å². The second-order valence-electron chi connectivity index (χ2n) is 6.53. The maximum atomic E-state index is 11.1. The van der Waals surface area contributed by atoms with Crippen LogP contribution < -0.4 is 0 Å². The number of carboxylic acids is 1. The van der Waals surface area contributed by atoms with Gasteiger partial charge >= 0.3 is 5.97 Å². The van der Waals surface area contributed by atoms with Gasteiger partial charge in [0.1, 0.15) is 16.5 Å². The highest BCUT2D eigenvalue weighted by atomic mass is 32.1. The summed E-state index contributed by atoms with van der Waals surface area (Å²) < 4.78 is 0. The minimum atomic E-state index is -1.05. The molecule has 0 saturated carbocycles. The highest BCUT2D eigenvalue weighted by Gasteiger charge is 2.17. The molecule has 0 amide bonds. The normalized spacial score (nSPS) is 11.2. The van der Waals surface area contributed by atoms with Gasteiger partial charge in [-0.1, -0.05) is 13.3 Å². The first-order valence-electron chi connectivity index (χ1n) is 8.85. The molecular weight excluding hydrogens is 376 g/mol. The van der Waals surface area contributed by atoms with Gasteiger partial charge in [0.05, 0.1) is 16.1 Å². The molecule has 0 fully saturated rings. The summed E-state index contributed by atoms with van der Waals surface area (Å²) in [7, 11) is 0. The number of nitrogens with one attached hydrogen (secondary N) is 1. The summed E-state index contributed by atoms with van der Waals surface area (Å²) >= 11 is 1.48. The summed E-state index contributed by atoms with van der Waals surface area (Å²) in [5, 5.41) is 28.4. The van der Waals surface area contributed by atoms with E-state index in [9.17, 15) is 9.90 Å². The number of carboxylic acid groups (broad SMARTS) is 1. The van der Waals surface area contributed by atoms with Gasteiger partial charge in [0, 0.05) is 28.9 Å². The molecule has 0 aliphatic heterocycles. The number of carbonyl (C=O) groups is 1. The summed E-state index contributed by atoms with van der Waals surface area (Å²) in [6.45, 7) is 3.91. The number of phenols is 1. The summed E-state index contributed by atoms with van der Waals surface area (Å²) in [6.07, 6.45) is 4.98. The Kier molecular flexibility index (Phi) is 4.56. The number of rotatable bonds is 5. The lowest BCUT2D eigenvalue weighted by Gasteiger charge is -2.04. The fourth-order valence-corrected chi connectivity index (χ4v) is 4.22. The third-order valence-corrected chi connectivity index (χ3v) is 5.67. The SMILES string of the molecule is CCCc1c(O)ccc2c(-c3cnc(-c4cnc(C(=O)O)cc4C)s3)[nH]nc12. The van der Waals surface area contributed by atoms with Gasteiger partial charge in [0.2, 0.25) is 0 Å². The van der Waals surface area contributed by atoms with Crippen molar-refractivity contribution in [2.45, 2.75) is 26.7 Å². The number of phenolic OH excluding ortho intramolecular Hbond substituents is 1. The van der Waals surface area contributed by atoms with Crippen molar-refractivity contribution in [1.82, 2.24) is 20.2 Å². The number of aromatic nitrogens is 4. The molecule has 0 saturated heterocycles. The van der Waals surface area contributed by atoms with Crippen LogP contribution in [0.15, 0.2) is 30.6 Å². The van der Waals surface area contributed by atoms with E-state index >= 15 is 0 Å². The monoisotopic (exact) mass is 394 g/mol. The Labute approximate surface area is 164 Å². The van der Waals surface area contributed by atoms with Crippen LogP contribution in [0.5, 0.6) is 5.75 Å². The molecular formula is C20H18N4O3S. The molecule has 0 radical (unpaired) electrons. The van der Waals surface area contributed by atoms with Crippen LogP contribution in [0, 0.1) is 6.92 Å². The van der Waals surface area contributed by atoms with E-state index in [1.807, 2.05) is 13.0 Å². The molecule has 4 rings (SSSR count). The highest BCUT2D eigenvalue weighted by Crippen LogP contribution is 2.37. The Bertz CT molecular complexity index is 1200. The lowest BCUT2D eigenvalue weighted by atomic mass is 10.0. The van der Waals surface area contributed by atoms with E-state index in [0.29, 0.717) is 0 Å². The number of pyridine rings is 1. The topological polar surface area (TPSA) is 112 Å². The second-order valence-corrected chi connectivity index (χ2v) is 7.56. The molecule has 7 nitrogen and oxygen atoms in total. The molecule has 0 unspecified atom stereocenters. The number of hydrogen-bond donors (Lipinski definition) is 3. The molecule has 0 bridgehead atoms. The highest BCUT2D eigenvalue weighted by molar-refractivity contribution is 7.18. The molecule has 3 N–H and O–H groups in total. The molecule has 1 aromatic carbocycles. The second kappa shape index (κ2) is 7.05. The average Bonchev–Trinajstić information content (AvgIpc) is 3.30. The number of hydrogen-bond acceptors (Lipinski definition) is 6. The van der Waals surface area contributed by atoms with E-state index < -0.39 is 5.97 Å². The standard InChI is InChI=1S/C20H18N4O3S/c1-3-4-11-15(25)6-5-12-17(11)23-24-18(12)16-9-22-19(28-16)13-8-21-14(20(26)27)7-10(13)2/h5-9,25H,3-4H2,1-2H3,(H,23,24)(H,26,27). The van der Waals surface area contributed by atoms with Crippen LogP contribution in [0.1, 0.15) is 35.0 Å². The zero-order valence-electron chi connectivity index (χ0n) is 15.4. The number of aromatic carboxylic acids is 1. The molecule has 4 aromatic rings. The van der Waals surface area contributed by atoms with Crippen LogP contribution in [-0.4, -0.2) is 36.3 Å². The van der Waals surface area contributed by atoms with Crippen LogP contribution in [0.4, 0.5) is 0 Å². The number of nitrogens with zero attached hydrogens (tertiary/aromatic N) is 3. The van der Waals surface area contributed by atoms with Gasteiger partial charge < -0.3 is 10.2 Å². The Balaban J connectivity index is 1.76. The van der Waals surface area contributed by atoms with Crippen molar-refractivity contribution >= 4 is 28.2 Å². The molecule has 0 atom stereocenters. The average molecular weight is 394 g/mol. The van der Waals surface area contributed by atoms with E-state index in [-0.39, 0.29) is 11.4 Å². The van der Waals surface area contributed by atoms with Gasteiger partial charge in [-0.15, -0.1) is 11.3 Å². The van der Waals surface area contributed by atoms with Crippen molar-refractivity contribution in [2.24, 2.45) is 0 Å². The van der Waals surface area contributed by atoms with Crippen LogP contribution in [0.3, 0.4) is 0 Å². The lowest BCUT2D eigenvalue weighted by Crippen LogP contribution is -2.00. The van der Waals surface area contributed by atoms with Crippen LogP contribution in [0.2, 0.25) is 0 Å². The fourth-order valence-electron chi connectivity index (χ4n) is 3.22. The van der Waals surface area contributed by atoms with Crippen LogP contribution >= 0.6 is 11.3 Å². The molecule has 0 aliphatic carbocycles. The van der Waals surface area contributed by atoms with Crippen molar-refractivity contribution in [2.75, 3.05) is 0 Å². The molecule has 3 aromatic heterocycles. The molecule has 3 heterocycles. The molecule has 8 heteroatoms. The van der Waals surface area contributed by atoms with Crippen molar-refractivity contribution in [3.05, 3.63) is 47.4 Å². The van der Waals surface area contributed by atoms with E-state index in [0.717, 1.165) is 56.0 Å². The Morgan fingerprint density at radius 2 is 2.07 bits per heavy atom. The fraction of sp³-hybridized carbons (Fsp3) is 0.200. The first-order chi connectivity index (χ1) is 13.5. The molecule has 0 aliphatic rings. The van der Waals surface area contributed by atoms with Crippen LogP contribution in [-0.2, 0) is 6.42 Å². The van der Waals surface area contributed by atoms with Gasteiger partial charge in [-0.3, -0.25) is 5.10 Å². The number of aromatic hydroxyl groups is 1. The summed E-state index contributed by atoms with van der Waals surface area (Å²) in [5.74, 6) is -0.790. The predicted octanol–water partition coefficient (Wildman–Crippen LogP) is 4.41. The van der Waals surface area contributed by atoms with Crippen molar-refractivity contribution in [3.63, 3.8) is 0 Å². The number of H-pyrrole nitrogens is 1. The number of aryl methyl sites for hydroxylation is 2. The van der Waals surface area contributed by atoms with Gasteiger partial charge in [-0.2, -0.15) is 5.10 Å². The number of benzene rings is 1. The molecule has 0 spiro atoms. The van der Waals surface area contributed by atoms with Gasteiger partial charge in [-0.05, 0) is 37.1 Å². The maximum absolute atomic E-state index is 11.1. The minimum Gasteiger partial charge on any atom is -0.508 e.